The highest BCUT2D eigenvalue weighted by atomic mass is 35.5. The number of amides is 3. The molecule has 1 N–H and O–H groups in total. The fourth-order valence-corrected chi connectivity index (χ4v) is 7.84. The molecule has 5 aromatic carbocycles. The van der Waals surface area contributed by atoms with Crippen LogP contribution in [-0.4, -0.2) is 92.1 Å². The van der Waals surface area contributed by atoms with E-state index in [2.05, 4.69) is 10.2 Å². The number of nitrogens with one attached hydrogen (secondary N) is 1. The van der Waals surface area contributed by atoms with Crippen molar-refractivity contribution in [3.05, 3.63) is 148 Å². The second kappa shape index (κ2) is 17.7. The molecule has 3 amide bonds. The number of hydrogen-bond donors (Lipinski definition) is 1. The summed E-state index contributed by atoms with van der Waals surface area (Å²) in [6.45, 7) is 7.26. The first-order chi connectivity index (χ1) is 28.6. The normalized spacial score (nSPS) is 17.6. The van der Waals surface area contributed by atoms with Gasteiger partial charge in [0.2, 0.25) is 0 Å². The third-order valence-electron chi connectivity index (χ3n) is 10.6. The first-order valence-corrected chi connectivity index (χ1v) is 20.5. The van der Waals surface area contributed by atoms with Crippen molar-refractivity contribution in [3.8, 4) is 23.0 Å². The van der Waals surface area contributed by atoms with Crippen LogP contribution in [0.15, 0.2) is 120 Å². The molecule has 11 nitrogen and oxygen atoms in total. The summed E-state index contributed by atoms with van der Waals surface area (Å²) >= 11 is 12.7. The van der Waals surface area contributed by atoms with E-state index in [1.54, 1.807) is 19.2 Å². The summed E-state index contributed by atoms with van der Waals surface area (Å²) in [7, 11) is 1.06. The third kappa shape index (κ3) is 8.85. The molecule has 3 aliphatic heterocycles. The summed E-state index contributed by atoms with van der Waals surface area (Å²) in [6.07, 6.45) is -0.143. The van der Waals surface area contributed by atoms with E-state index < -0.39 is 19.2 Å². The predicted molar refractivity (Wildman–Crippen MR) is 231 cm³/mol. The number of methoxy groups -OCH3 is 1. The van der Waals surface area contributed by atoms with Crippen LogP contribution in [0.1, 0.15) is 53.0 Å². The highest BCUT2D eigenvalue weighted by Gasteiger charge is 2.45. The second-order valence-corrected chi connectivity index (χ2v) is 15.7. The number of aliphatic imine (C=N–C) groups is 1. The number of amidine groups is 1. The van der Waals surface area contributed by atoms with E-state index in [9.17, 15) is 4.79 Å². The Morgan fingerprint density at radius 2 is 1.46 bits per heavy atom. The number of para-hydroxylation sites is 2. The summed E-state index contributed by atoms with van der Waals surface area (Å²) in [5.41, 5.74) is 3.85. The van der Waals surface area contributed by atoms with Gasteiger partial charge in [0.05, 0.1) is 24.8 Å². The topological polar surface area (TPSA) is 105 Å². The van der Waals surface area contributed by atoms with E-state index in [-0.39, 0.29) is 18.0 Å². The molecule has 0 bridgehead atoms. The number of urea groups is 1. The van der Waals surface area contributed by atoms with Crippen molar-refractivity contribution in [2.45, 2.75) is 32.0 Å². The smallest absolute Gasteiger partial charge is 0.519 e. The maximum Gasteiger partial charge on any atom is 0.632 e. The van der Waals surface area contributed by atoms with Crippen LogP contribution in [0.2, 0.25) is 10.0 Å². The number of rotatable bonds is 11. The lowest BCUT2D eigenvalue weighted by molar-refractivity contribution is 0.0938. The Balaban J connectivity index is 0.966. The summed E-state index contributed by atoms with van der Waals surface area (Å²) in [5, 5.41) is 4.25. The van der Waals surface area contributed by atoms with Gasteiger partial charge in [-0.3, -0.25) is 19.6 Å². The van der Waals surface area contributed by atoms with Gasteiger partial charge in [0, 0.05) is 66.4 Å². The zero-order valence-electron chi connectivity index (χ0n) is 33.0. The Kier molecular flexibility index (Phi) is 12.0. The number of benzene rings is 5. The van der Waals surface area contributed by atoms with Gasteiger partial charge < -0.3 is 29.0 Å². The van der Waals surface area contributed by atoms with E-state index >= 15 is 4.79 Å². The Morgan fingerprint density at radius 1 is 0.831 bits per heavy atom. The molecule has 1 saturated heterocycles. The van der Waals surface area contributed by atoms with Crippen LogP contribution in [-0.2, 0) is 0 Å². The van der Waals surface area contributed by atoms with Gasteiger partial charge in [-0.2, -0.15) is 0 Å². The van der Waals surface area contributed by atoms with Gasteiger partial charge in [0.1, 0.15) is 34.9 Å². The minimum atomic E-state index is -0.550. The fraction of sp³-hybridized carbons (Fsp3) is 0.267. The lowest BCUT2D eigenvalue weighted by Crippen LogP contribution is -2.54. The molecule has 0 spiro atoms. The molecule has 14 heteroatoms. The molecule has 59 heavy (non-hydrogen) atoms. The average molecular weight is 833 g/mol. The number of ether oxygens (including phenoxy) is 2. The largest absolute Gasteiger partial charge is 0.632 e. The number of nitrogens with zero attached hydrogens (tertiary/aromatic N) is 4. The van der Waals surface area contributed by atoms with Crippen molar-refractivity contribution in [1.29, 1.82) is 0 Å². The summed E-state index contributed by atoms with van der Waals surface area (Å²) in [4.78, 5) is 39.4. The van der Waals surface area contributed by atoms with Crippen LogP contribution in [0, 0.1) is 0 Å². The van der Waals surface area contributed by atoms with E-state index in [0.717, 1.165) is 16.6 Å². The van der Waals surface area contributed by atoms with Gasteiger partial charge in [-0.1, -0.05) is 71.7 Å². The summed E-state index contributed by atoms with van der Waals surface area (Å²) < 4.78 is 23.7. The Hall–Kier alpha value is -5.69. The first kappa shape index (κ1) is 40.1. The van der Waals surface area contributed by atoms with E-state index in [1.807, 2.05) is 127 Å². The van der Waals surface area contributed by atoms with Crippen molar-refractivity contribution in [3.63, 3.8) is 0 Å². The van der Waals surface area contributed by atoms with Gasteiger partial charge in [0.15, 0.2) is 0 Å². The second-order valence-electron chi connectivity index (χ2n) is 14.8. The van der Waals surface area contributed by atoms with Crippen LogP contribution in [0.4, 0.5) is 4.79 Å². The molecule has 3 aliphatic rings. The highest BCUT2D eigenvalue weighted by Crippen LogP contribution is 2.46. The minimum Gasteiger partial charge on any atom is -0.519 e. The van der Waals surface area contributed by atoms with Crippen molar-refractivity contribution >= 4 is 53.6 Å². The SMILES string of the molecule is COc1ccc(C2=N[C@@H](c3ccc(Cl)cc3)[C@@H](c3ccc(Cl)cc3)N2C(=O)N2CCN(CCNC(=O)c3ccc(B4Oc5ccccc5O4)cc3)CC2)c(OC(C)C)c1. The zero-order valence-corrected chi connectivity index (χ0v) is 34.5. The lowest BCUT2D eigenvalue weighted by Gasteiger charge is -2.39. The van der Waals surface area contributed by atoms with Gasteiger partial charge in [-0.15, -0.1) is 0 Å². The molecule has 5 aromatic rings. The molecule has 0 aromatic heterocycles. The molecule has 2 atom stereocenters. The number of piperazine rings is 1. The summed E-state index contributed by atoms with van der Waals surface area (Å²) in [5.74, 6) is 2.93. The molecule has 302 valence electrons. The van der Waals surface area contributed by atoms with E-state index in [0.29, 0.717) is 89.3 Å². The third-order valence-corrected chi connectivity index (χ3v) is 11.1. The van der Waals surface area contributed by atoms with Gasteiger partial charge >= 0.3 is 13.1 Å². The lowest BCUT2D eigenvalue weighted by atomic mass is 9.79. The number of halogens is 2. The Bertz CT molecular complexity index is 2300. The standard InChI is InChI=1S/C45H44BCl2N5O6/c1-29(2)57-40-28-36(56-3)20-21-37(40)43-50-41(30-10-16-34(47)17-11-30)42(31-12-18-35(48)19-13-31)53(43)45(55)52-26-24-51(25-27-52)23-22-49-44(54)32-8-14-33(15-9-32)46-58-38-6-4-5-7-39(38)59-46/h4-21,28-29,41-42H,22-27H2,1-3H3,(H,49,54)/t41-,42+/m0/s1. The number of carbonyl (C=O) groups is 2. The van der Waals surface area contributed by atoms with Crippen molar-refractivity contribution in [2.75, 3.05) is 46.4 Å². The molecule has 8 rings (SSSR count). The summed E-state index contributed by atoms with van der Waals surface area (Å²) in [6, 6.07) is 34.4. The van der Waals surface area contributed by atoms with Gasteiger partial charge in [0.25, 0.3) is 5.91 Å². The van der Waals surface area contributed by atoms with Crippen LogP contribution < -0.4 is 29.6 Å². The van der Waals surface area contributed by atoms with Crippen molar-refractivity contribution < 1.29 is 28.4 Å². The number of fused-ring (bicyclic) bond motifs is 1. The predicted octanol–water partition coefficient (Wildman–Crippen LogP) is 7.67. The number of hydrogen-bond acceptors (Lipinski definition) is 8. The van der Waals surface area contributed by atoms with Crippen LogP contribution in [0.3, 0.4) is 0 Å². The number of carbonyl (C=O) groups excluding carboxylic acids is 2. The molecule has 1 fully saturated rings. The van der Waals surface area contributed by atoms with Crippen molar-refractivity contribution in [1.82, 2.24) is 20.0 Å². The zero-order chi connectivity index (χ0) is 41.0. The quantitative estimate of drug-likeness (QED) is 0.136. The Labute approximate surface area is 354 Å². The van der Waals surface area contributed by atoms with Gasteiger partial charge in [-0.25, -0.2) is 4.79 Å². The van der Waals surface area contributed by atoms with Crippen molar-refractivity contribution in [2.24, 2.45) is 4.99 Å². The first-order valence-electron chi connectivity index (χ1n) is 19.7. The molecular formula is C45H44BCl2N5O6. The van der Waals surface area contributed by atoms with Crippen LogP contribution in [0.5, 0.6) is 23.0 Å². The van der Waals surface area contributed by atoms with Crippen LogP contribution in [0.25, 0.3) is 0 Å². The van der Waals surface area contributed by atoms with E-state index in [1.165, 1.54) is 0 Å². The minimum absolute atomic E-state index is 0.143. The Morgan fingerprint density at radius 3 is 2.07 bits per heavy atom. The molecule has 3 heterocycles. The highest BCUT2D eigenvalue weighted by molar-refractivity contribution is 6.63. The maximum absolute atomic E-state index is 15.0. The molecule has 0 saturated carbocycles. The van der Waals surface area contributed by atoms with Crippen LogP contribution >= 0.6 is 23.2 Å². The fourth-order valence-electron chi connectivity index (χ4n) is 7.59. The average Bonchev–Trinajstić information content (AvgIpc) is 3.87. The monoisotopic (exact) mass is 831 g/mol. The maximum atomic E-state index is 15.0. The van der Waals surface area contributed by atoms with E-state index in [4.69, 9.17) is 47.0 Å². The molecule has 0 radical (unpaired) electrons. The van der Waals surface area contributed by atoms with Gasteiger partial charge in [-0.05, 0) is 85.6 Å². The molecule has 0 unspecified atom stereocenters. The molecular weight excluding hydrogens is 788 g/mol. The molecule has 0 aliphatic carbocycles.